The first-order valence-corrected chi connectivity index (χ1v) is 5.92. The van der Waals surface area contributed by atoms with E-state index < -0.39 is 0 Å². The number of nitrogens with one attached hydrogen (secondary N) is 2. The largest absolute Gasteiger partial charge is 0.350 e. The molecule has 0 fully saturated rings. The molecule has 0 radical (unpaired) electrons. The summed E-state index contributed by atoms with van der Waals surface area (Å²) in [5, 5.41) is 5.92. The van der Waals surface area contributed by atoms with Crippen LogP contribution in [0.5, 0.6) is 0 Å². The second kappa shape index (κ2) is 4.56. The molecule has 3 rings (SSSR count). The summed E-state index contributed by atoms with van der Waals surface area (Å²) >= 11 is 0. The molecule has 96 valence electrons. The van der Waals surface area contributed by atoms with Crippen LogP contribution < -0.4 is 10.6 Å². The van der Waals surface area contributed by atoms with Crippen molar-refractivity contribution in [1.82, 2.24) is 14.9 Å². The fourth-order valence-corrected chi connectivity index (χ4v) is 1.95. The lowest BCUT2D eigenvalue weighted by atomic mass is 10.2. The van der Waals surface area contributed by atoms with Gasteiger partial charge in [0.1, 0.15) is 18.2 Å². The van der Waals surface area contributed by atoms with Crippen molar-refractivity contribution < 1.29 is 4.79 Å². The standard InChI is InChI=1S/C13H13N5O/c1-18-8-16-10-11(14-7-15-12(10)18)17-13(19)9-5-3-2-4-6-9/h2-6,8,15H,7H2,1H3,(H,14,17,19). The van der Waals surface area contributed by atoms with Crippen molar-refractivity contribution in [3.05, 3.63) is 47.9 Å². The fourth-order valence-electron chi connectivity index (χ4n) is 1.95. The van der Waals surface area contributed by atoms with Crippen LogP contribution in [0.2, 0.25) is 0 Å². The number of hydrogen-bond donors (Lipinski definition) is 2. The Morgan fingerprint density at radius 3 is 2.95 bits per heavy atom. The summed E-state index contributed by atoms with van der Waals surface area (Å²) in [5.41, 5.74) is 1.26. The second-order valence-electron chi connectivity index (χ2n) is 4.21. The van der Waals surface area contributed by atoms with Crippen molar-refractivity contribution in [1.29, 1.82) is 0 Å². The molecule has 0 aliphatic carbocycles. The molecule has 1 aromatic carbocycles. The molecule has 2 N–H and O–H groups in total. The normalized spacial score (nSPS) is 13.2. The zero-order chi connectivity index (χ0) is 13.2. The lowest BCUT2D eigenvalue weighted by Gasteiger charge is -2.15. The van der Waals surface area contributed by atoms with E-state index >= 15 is 0 Å². The van der Waals surface area contributed by atoms with Gasteiger partial charge in [0, 0.05) is 12.6 Å². The Kier molecular flexibility index (Phi) is 2.75. The summed E-state index contributed by atoms with van der Waals surface area (Å²) in [6, 6.07) is 9.04. The van der Waals surface area contributed by atoms with E-state index in [1.54, 1.807) is 18.5 Å². The molecule has 2 aromatic rings. The molecular formula is C13H13N5O. The predicted octanol–water partition coefficient (Wildman–Crippen LogP) is 0.980. The molecule has 1 aliphatic rings. The van der Waals surface area contributed by atoms with E-state index in [0.29, 0.717) is 23.8 Å². The van der Waals surface area contributed by atoms with Crippen molar-refractivity contribution in [3.63, 3.8) is 0 Å². The summed E-state index contributed by atoms with van der Waals surface area (Å²) in [4.78, 5) is 20.6. The van der Waals surface area contributed by atoms with Gasteiger partial charge in [0.2, 0.25) is 0 Å². The van der Waals surface area contributed by atoms with Gasteiger partial charge in [-0.25, -0.2) is 9.98 Å². The number of carbonyl (C=O) groups is 1. The number of rotatable bonds is 1. The van der Waals surface area contributed by atoms with Crippen molar-refractivity contribution >= 4 is 17.6 Å². The number of aliphatic imine (C=N–C) groups is 1. The van der Waals surface area contributed by atoms with Gasteiger partial charge >= 0.3 is 0 Å². The minimum absolute atomic E-state index is 0.183. The third kappa shape index (κ3) is 2.08. The zero-order valence-corrected chi connectivity index (χ0v) is 10.4. The minimum atomic E-state index is -0.183. The monoisotopic (exact) mass is 255 g/mol. The Morgan fingerprint density at radius 1 is 1.37 bits per heavy atom. The number of nitrogens with zero attached hydrogens (tertiary/aromatic N) is 3. The number of carbonyl (C=O) groups excluding carboxylic acids is 1. The van der Waals surface area contributed by atoms with Gasteiger partial charge in [-0.05, 0) is 12.1 Å². The molecule has 1 aromatic heterocycles. The second-order valence-corrected chi connectivity index (χ2v) is 4.21. The van der Waals surface area contributed by atoms with E-state index in [0.717, 1.165) is 5.82 Å². The Hall–Kier alpha value is -2.63. The topological polar surface area (TPSA) is 71.3 Å². The lowest BCUT2D eigenvalue weighted by molar-refractivity contribution is 0.0977. The molecule has 0 saturated carbocycles. The van der Waals surface area contributed by atoms with E-state index in [2.05, 4.69) is 20.6 Å². The Balaban J connectivity index is 1.85. The van der Waals surface area contributed by atoms with Crippen LogP contribution in [0.3, 0.4) is 0 Å². The predicted molar refractivity (Wildman–Crippen MR) is 72.1 cm³/mol. The molecule has 19 heavy (non-hydrogen) atoms. The number of hydrogen-bond acceptors (Lipinski definition) is 4. The van der Waals surface area contributed by atoms with Crippen molar-refractivity contribution in [3.8, 4) is 0 Å². The number of benzene rings is 1. The van der Waals surface area contributed by atoms with Gasteiger partial charge in [-0.1, -0.05) is 18.2 Å². The van der Waals surface area contributed by atoms with Crippen LogP contribution in [-0.2, 0) is 7.05 Å². The number of fused-ring (bicyclic) bond motifs is 1. The molecule has 0 bridgehead atoms. The smallest absolute Gasteiger partial charge is 0.256 e. The van der Waals surface area contributed by atoms with Crippen LogP contribution in [0.15, 0.2) is 41.7 Å². The van der Waals surface area contributed by atoms with E-state index in [1.807, 2.05) is 29.8 Å². The highest BCUT2D eigenvalue weighted by atomic mass is 16.1. The third-order valence-corrected chi connectivity index (χ3v) is 2.91. The van der Waals surface area contributed by atoms with Gasteiger partial charge in [-0.15, -0.1) is 0 Å². The summed E-state index contributed by atoms with van der Waals surface area (Å²) < 4.78 is 1.86. The Labute approximate surface area is 110 Å². The molecule has 0 atom stereocenters. The van der Waals surface area contributed by atoms with Crippen molar-refractivity contribution in [2.45, 2.75) is 0 Å². The minimum Gasteiger partial charge on any atom is -0.350 e. The summed E-state index contributed by atoms with van der Waals surface area (Å²) in [5.74, 6) is 1.18. The molecule has 0 unspecified atom stereocenters. The van der Waals surface area contributed by atoms with Crippen LogP contribution in [0.4, 0.5) is 5.82 Å². The Morgan fingerprint density at radius 2 is 2.16 bits per heavy atom. The zero-order valence-electron chi connectivity index (χ0n) is 10.4. The SMILES string of the molecule is Cn1cnc2c1NCN=C2NC(=O)c1ccccc1. The van der Waals surface area contributed by atoms with Gasteiger partial charge in [0.05, 0.1) is 6.33 Å². The van der Waals surface area contributed by atoms with E-state index in [-0.39, 0.29) is 5.91 Å². The van der Waals surface area contributed by atoms with Gasteiger partial charge < -0.3 is 15.2 Å². The van der Waals surface area contributed by atoms with Crippen LogP contribution in [0.25, 0.3) is 0 Å². The summed E-state index contributed by atoms with van der Waals surface area (Å²) in [7, 11) is 1.89. The van der Waals surface area contributed by atoms with Gasteiger partial charge in [0.25, 0.3) is 5.91 Å². The first-order valence-electron chi connectivity index (χ1n) is 5.92. The maximum absolute atomic E-state index is 12.1. The molecule has 6 nitrogen and oxygen atoms in total. The number of amides is 1. The van der Waals surface area contributed by atoms with E-state index in [1.165, 1.54) is 0 Å². The number of anilines is 1. The molecular weight excluding hydrogens is 242 g/mol. The Bertz CT molecular complexity index is 644. The van der Waals surface area contributed by atoms with Crippen LogP contribution >= 0.6 is 0 Å². The number of imidazole rings is 1. The molecule has 1 aliphatic heterocycles. The van der Waals surface area contributed by atoms with Crippen LogP contribution in [0.1, 0.15) is 16.1 Å². The highest BCUT2D eigenvalue weighted by molar-refractivity contribution is 6.14. The first-order chi connectivity index (χ1) is 9.25. The molecule has 0 spiro atoms. The molecule has 6 heteroatoms. The highest BCUT2D eigenvalue weighted by Gasteiger charge is 2.20. The molecule has 0 saturated heterocycles. The van der Waals surface area contributed by atoms with Crippen LogP contribution in [0, 0.1) is 0 Å². The summed E-state index contributed by atoms with van der Waals surface area (Å²) in [6.45, 7) is 0.428. The number of aryl methyl sites for hydroxylation is 1. The third-order valence-electron chi connectivity index (χ3n) is 2.91. The first kappa shape index (κ1) is 11.5. The van der Waals surface area contributed by atoms with Crippen molar-refractivity contribution in [2.24, 2.45) is 12.0 Å². The number of aromatic nitrogens is 2. The van der Waals surface area contributed by atoms with Crippen molar-refractivity contribution in [2.75, 3.05) is 12.0 Å². The highest BCUT2D eigenvalue weighted by Crippen LogP contribution is 2.16. The maximum atomic E-state index is 12.1. The van der Waals surface area contributed by atoms with E-state index in [4.69, 9.17) is 0 Å². The average molecular weight is 255 g/mol. The quantitative estimate of drug-likeness (QED) is 0.798. The number of amidine groups is 1. The van der Waals surface area contributed by atoms with Gasteiger partial charge in [-0.3, -0.25) is 4.79 Å². The molecule has 1 amide bonds. The van der Waals surface area contributed by atoms with Crippen LogP contribution in [-0.4, -0.2) is 28.0 Å². The van der Waals surface area contributed by atoms with Gasteiger partial charge in [0.15, 0.2) is 5.84 Å². The maximum Gasteiger partial charge on any atom is 0.256 e. The van der Waals surface area contributed by atoms with E-state index in [9.17, 15) is 4.79 Å². The van der Waals surface area contributed by atoms with Gasteiger partial charge in [-0.2, -0.15) is 0 Å². The average Bonchev–Trinajstić information content (AvgIpc) is 2.83. The molecule has 2 heterocycles. The fraction of sp³-hybridized carbons (Fsp3) is 0.154. The summed E-state index contributed by atoms with van der Waals surface area (Å²) in [6.07, 6.45) is 1.69. The lowest BCUT2D eigenvalue weighted by Crippen LogP contribution is -2.34.